The fraction of sp³-hybridized carbons (Fsp3) is 0.533. The zero-order valence-corrected chi connectivity index (χ0v) is 12.6. The third-order valence-corrected chi connectivity index (χ3v) is 3.85. The molecule has 0 heterocycles. The average molecular weight is 265 g/mol. The number of ether oxygens (including phenoxy) is 1. The molecule has 1 atom stereocenters. The molecule has 1 N–H and O–H groups in total. The van der Waals surface area contributed by atoms with Crippen molar-refractivity contribution in [3.05, 3.63) is 28.3 Å². The van der Waals surface area contributed by atoms with Gasteiger partial charge in [-0.25, -0.2) is 0 Å². The standard InChI is InChI=1S/C15H23NO3/c1-9-7-14(19-6)11(3)10(2)13(9)8-16(5)12(4)15(17)18/h7,12H,8H2,1-6H3,(H,17,18). The summed E-state index contributed by atoms with van der Waals surface area (Å²) in [5.74, 6) is 0.0794. The molecule has 0 aliphatic heterocycles. The van der Waals surface area contributed by atoms with Gasteiger partial charge < -0.3 is 9.84 Å². The maximum atomic E-state index is 11.0. The summed E-state index contributed by atoms with van der Waals surface area (Å²) in [6.45, 7) is 8.43. The van der Waals surface area contributed by atoms with Gasteiger partial charge in [-0.1, -0.05) is 0 Å². The third-order valence-electron chi connectivity index (χ3n) is 3.85. The number of carboxylic acid groups (broad SMARTS) is 1. The van der Waals surface area contributed by atoms with Crippen molar-refractivity contribution in [1.29, 1.82) is 0 Å². The van der Waals surface area contributed by atoms with Gasteiger partial charge in [-0.2, -0.15) is 0 Å². The van der Waals surface area contributed by atoms with Crippen LogP contribution in [-0.2, 0) is 11.3 Å². The van der Waals surface area contributed by atoms with Crippen LogP contribution < -0.4 is 4.74 Å². The molecule has 0 spiro atoms. The van der Waals surface area contributed by atoms with Gasteiger partial charge in [-0.3, -0.25) is 9.69 Å². The van der Waals surface area contributed by atoms with Crippen LogP contribution in [-0.4, -0.2) is 36.2 Å². The largest absolute Gasteiger partial charge is 0.496 e. The van der Waals surface area contributed by atoms with Crippen molar-refractivity contribution in [3.63, 3.8) is 0 Å². The Kier molecular flexibility index (Phi) is 4.95. The maximum absolute atomic E-state index is 11.0. The Labute approximate surface area is 115 Å². The molecule has 0 amide bonds. The highest BCUT2D eigenvalue weighted by atomic mass is 16.5. The van der Waals surface area contributed by atoms with Crippen LogP contribution >= 0.6 is 0 Å². The number of methoxy groups -OCH3 is 1. The fourth-order valence-electron chi connectivity index (χ4n) is 2.13. The SMILES string of the molecule is COc1cc(C)c(CN(C)C(C)C(=O)O)c(C)c1C. The van der Waals surface area contributed by atoms with E-state index in [0.717, 1.165) is 16.9 Å². The van der Waals surface area contributed by atoms with Crippen LogP contribution in [0.2, 0.25) is 0 Å². The molecule has 0 aliphatic rings. The minimum atomic E-state index is -0.803. The molecule has 1 unspecified atom stereocenters. The second-order valence-corrected chi connectivity index (χ2v) is 5.05. The predicted octanol–water partition coefficient (Wildman–Crippen LogP) is 2.53. The van der Waals surface area contributed by atoms with Crippen molar-refractivity contribution < 1.29 is 14.6 Å². The number of hydrogen-bond donors (Lipinski definition) is 1. The zero-order chi connectivity index (χ0) is 14.7. The lowest BCUT2D eigenvalue weighted by molar-refractivity contribution is -0.142. The van der Waals surface area contributed by atoms with Crippen LogP contribution in [0.5, 0.6) is 5.75 Å². The van der Waals surface area contributed by atoms with Crippen LogP contribution in [0.4, 0.5) is 0 Å². The van der Waals surface area contributed by atoms with Gasteiger partial charge in [-0.05, 0) is 63.1 Å². The van der Waals surface area contributed by atoms with E-state index in [1.165, 1.54) is 11.1 Å². The molecule has 0 aromatic heterocycles. The van der Waals surface area contributed by atoms with Crippen molar-refractivity contribution in [1.82, 2.24) is 4.90 Å². The Balaban J connectivity index is 3.09. The second kappa shape index (κ2) is 6.06. The molecule has 0 radical (unpaired) electrons. The minimum Gasteiger partial charge on any atom is -0.496 e. The third kappa shape index (κ3) is 3.26. The number of likely N-dealkylation sites (N-methyl/N-ethyl adjacent to an activating group) is 1. The highest BCUT2D eigenvalue weighted by Gasteiger charge is 2.19. The maximum Gasteiger partial charge on any atom is 0.320 e. The number of aliphatic carboxylic acids is 1. The van der Waals surface area contributed by atoms with Crippen molar-refractivity contribution >= 4 is 5.97 Å². The first-order valence-corrected chi connectivity index (χ1v) is 6.36. The summed E-state index contributed by atoms with van der Waals surface area (Å²) < 4.78 is 5.34. The molecule has 0 aliphatic carbocycles. The Morgan fingerprint density at radius 3 is 2.42 bits per heavy atom. The quantitative estimate of drug-likeness (QED) is 0.888. The van der Waals surface area contributed by atoms with Gasteiger partial charge >= 0.3 is 5.97 Å². The summed E-state index contributed by atoms with van der Waals surface area (Å²) in [6.07, 6.45) is 0. The molecule has 1 aromatic rings. The lowest BCUT2D eigenvalue weighted by atomic mass is 9.96. The van der Waals surface area contributed by atoms with Crippen LogP contribution in [0.1, 0.15) is 29.2 Å². The van der Waals surface area contributed by atoms with Gasteiger partial charge in [0.2, 0.25) is 0 Å². The van der Waals surface area contributed by atoms with Gasteiger partial charge in [0.05, 0.1) is 7.11 Å². The van der Waals surface area contributed by atoms with E-state index >= 15 is 0 Å². The molecule has 0 fully saturated rings. The van der Waals surface area contributed by atoms with Crippen LogP contribution in [0.3, 0.4) is 0 Å². The number of aryl methyl sites for hydroxylation is 1. The Bertz CT molecular complexity index is 483. The van der Waals surface area contributed by atoms with Gasteiger partial charge in [-0.15, -0.1) is 0 Å². The highest BCUT2D eigenvalue weighted by molar-refractivity contribution is 5.72. The van der Waals surface area contributed by atoms with E-state index in [9.17, 15) is 4.79 Å². The van der Waals surface area contributed by atoms with E-state index in [2.05, 4.69) is 6.92 Å². The lowest BCUT2D eigenvalue weighted by Crippen LogP contribution is -2.35. The molecule has 4 heteroatoms. The van der Waals surface area contributed by atoms with Gasteiger partial charge in [0.25, 0.3) is 0 Å². The molecule has 4 nitrogen and oxygen atoms in total. The molecule has 0 saturated carbocycles. The smallest absolute Gasteiger partial charge is 0.320 e. The summed E-state index contributed by atoms with van der Waals surface area (Å²) >= 11 is 0. The van der Waals surface area contributed by atoms with Gasteiger partial charge in [0.1, 0.15) is 11.8 Å². The highest BCUT2D eigenvalue weighted by Crippen LogP contribution is 2.28. The van der Waals surface area contributed by atoms with Gasteiger partial charge in [0.15, 0.2) is 0 Å². The molecular formula is C15H23NO3. The lowest BCUT2D eigenvalue weighted by Gasteiger charge is -2.24. The van der Waals surface area contributed by atoms with Gasteiger partial charge in [0, 0.05) is 6.54 Å². The fourth-order valence-corrected chi connectivity index (χ4v) is 2.13. The van der Waals surface area contributed by atoms with E-state index in [1.807, 2.05) is 31.9 Å². The average Bonchev–Trinajstić information content (AvgIpc) is 2.37. The normalized spacial score (nSPS) is 12.6. The van der Waals surface area contributed by atoms with E-state index in [-0.39, 0.29) is 0 Å². The summed E-state index contributed by atoms with van der Waals surface area (Å²) in [7, 11) is 3.50. The number of rotatable bonds is 5. The van der Waals surface area contributed by atoms with E-state index in [4.69, 9.17) is 9.84 Å². The number of hydrogen-bond acceptors (Lipinski definition) is 3. The number of nitrogens with zero attached hydrogens (tertiary/aromatic N) is 1. The van der Waals surface area contributed by atoms with E-state index < -0.39 is 12.0 Å². The molecule has 106 valence electrons. The summed E-state index contributed by atoms with van der Waals surface area (Å²) in [4.78, 5) is 12.8. The minimum absolute atomic E-state index is 0.499. The second-order valence-electron chi connectivity index (χ2n) is 5.05. The number of carbonyl (C=O) groups is 1. The topological polar surface area (TPSA) is 49.8 Å². The van der Waals surface area contributed by atoms with Crippen LogP contribution in [0.25, 0.3) is 0 Å². The van der Waals surface area contributed by atoms with Crippen molar-refractivity contribution in [2.75, 3.05) is 14.2 Å². The number of benzene rings is 1. The Morgan fingerprint density at radius 2 is 1.95 bits per heavy atom. The summed E-state index contributed by atoms with van der Waals surface area (Å²) in [6, 6.07) is 1.51. The van der Waals surface area contributed by atoms with Crippen molar-refractivity contribution in [2.24, 2.45) is 0 Å². The molecule has 1 rings (SSSR count). The molecular weight excluding hydrogens is 242 g/mol. The Morgan fingerprint density at radius 1 is 1.37 bits per heavy atom. The molecule has 0 saturated heterocycles. The number of carboxylic acids is 1. The van der Waals surface area contributed by atoms with E-state index in [1.54, 1.807) is 14.0 Å². The van der Waals surface area contributed by atoms with Crippen molar-refractivity contribution in [2.45, 2.75) is 40.3 Å². The molecule has 0 bridgehead atoms. The van der Waals surface area contributed by atoms with Crippen LogP contribution in [0.15, 0.2) is 6.07 Å². The first-order valence-electron chi connectivity index (χ1n) is 6.36. The monoisotopic (exact) mass is 265 g/mol. The zero-order valence-electron chi connectivity index (χ0n) is 12.6. The Hall–Kier alpha value is -1.55. The van der Waals surface area contributed by atoms with Crippen molar-refractivity contribution in [3.8, 4) is 5.75 Å². The van der Waals surface area contributed by atoms with Crippen LogP contribution in [0, 0.1) is 20.8 Å². The van der Waals surface area contributed by atoms with E-state index in [0.29, 0.717) is 6.54 Å². The summed E-state index contributed by atoms with van der Waals surface area (Å²) in [5.41, 5.74) is 4.58. The first-order chi connectivity index (χ1) is 8.79. The molecule has 19 heavy (non-hydrogen) atoms. The molecule has 1 aromatic carbocycles. The first kappa shape index (κ1) is 15.5. The summed E-state index contributed by atoms with van der Waals surface area (Å²) in [5, 5.41) is 9.04. The predicted molar refractivity (Wildman–Crippen MR) is 75.8 cm³/mol.